The summed E-state index contributed by atoms with van der Waals surface area (Å²) in [5.41, 5.74) is 7.64. The number of rotatable bonds is 6. The Balaban J connectivity index is 1.62. The van der Waals surface area contributed by atoms with Crippen molar-refractivity contribution in [1.82, 2.24) is 0 Å². The smallest absolute Gasteiger partial charge is 0.264 e. The summed E-state index contributed by atoms with van der Waals surface area (Å²) in [6, 6.07) is 14.6. The number of anilines is 2. The number of nitrogens with two attached hydrogens (primary N) is 1. The molecule has 0 saturated carbocycles. The van der Waals surface area contributed by atoms with Crippen molar-refractivity contribution in [2.24, 2.45) is 5.73 Å². The van der Waals surface area contributed by atoms with Crippen molar-refractivity contribution in [2.75, 3.05) is 16.7 Å². The van der Waals surface area contributed by atoms with E-state index in [9.17, 15) is 18.0 Å². The van der Waals surface area contributed by atoms with Crippen molar-refractivity contribution in [2.45, 2.75) is 37.0 Å². The van der Waals surface area contributed by atoms with Crippen molar-refractivity contribution in [3.63, 3.8) is 0 Å². The molecule has 33 heavy (non-hydrogen) atoms. The Hall–Kier alpha value is -3.17. The Morgan fingerprint density at radius 1 is 1.00 bits per heavy atom. The summed E-state index contributed by atoms with van der Waals surface area (Å²) < 4.78 is 27.4. The average molecular weight is 484 g/mol. The number of primary amides is 1. The summed E-state index contributed by atoms with van der Waals surface area (Å²) in [4.78, 5) is 26.3. The van der Waals surface area contributed by atoms with E-state index in [1.54, 1.807) is 36.4 Å². The van der Waals surface area contributed by atoms with Gasteiger partial charge in [-0.1, -0.05) is 30.7 Å². The lowest BCUT2D eigenvalue weighted by atomic mass is 10.1. The Bertz CT molecular complexity index is 1300. The van der Waals surface area contributed by atoms with Gasteiger partial charge in [-0.3, -0.25) is 13.9 Å². The van der Waals surface area contributed by atoms with Crippen LogP contribution in [-0.4, -0.2) is 27.3 Å². The quantitative estimate of drug-likeness (QED) is 0.512. The van der Waals surface area contributed by atoms with Crippen molar-refractivity contribution < 1.29 is 18.0 Å². The summed E-state index contributed by atoms with van der Waals surface area (Å²) in [5.74, 6) is -1.06. The van der Waals surface area contributed by atoms with Crippen LogP contribution in [0.1, 0.15) is 50.4 Å². The molecule has 0 atom stereocenters. The number of hydrogen-bond acceptors (Lipinski definition) is 5. The molecule has 0 spiro atoms. The van der Waals surface area contributed by atoms with E-state index in [1.165, 1.54) is 40.9 Å². The third-order valence-electron chi connectivity index (χ3n) is 5.77. The van der Waals surface area contributed by atoms with Crippen LogP contribution in [0.3, 0.4) is 0 Å². The second kappa shape index (κ2) is 9.36. The first-order valence-electron chi connectivity index (χ1n) is 10.7. The maximum Gasteiger partial charge on any atom is 0.264 e. The summed E-state index contributed by atoms with van der Waals surface area (Å²) >= 11 is 1.38. The highest BCUT2D eigenvalue weighted by atomic mass is 32.2. The molecule has 0 aliphatic heterocycles. The van der Waals surface area contributed by atoms with Gasteiger partial charge in [0.25, 0.3) is 21.8 Å². The molecule has 172 valence electrons. The van der Waals surface area contributed by atoms with Gasteiger partial charge in [-0.15, -0.1) is 11.3 Å². The molecular weight excluding hydrogens is 458 g/mol. The fraction of sp³-hybridized carbons (Fsp3) is 0.250. The van der Waals surface area contributed by atoms with Crippen LogP contribution in [-0.2, 0) is 22.9 Å². The maximum absolute atomic E-state index is 13.1. The van der Waals surface area contributed by atoms with Crippen LogP contribution in [0.25, 0.3) is 0 Å². The second-order valence-corrected chi connectivity index (χ2v) is 11.0. The van der Waals surface area contributed by atoms with Gasteiger partial charge in [0.05, 0.1) is 16.1 Å². The van der Waals surface area contributed by atoms with Crippen molar-refractivity contribution in [3.8, 4) is 0 Å². The number of sulfonamides is 1. The number of nitrogens with zero attached hydrogens (tertiary/aromatic N) is 1. The number of benzene rings is 2. The van der Waals surface area contributed by atoms with Gasteiger partial charge in [0.2, 0.25) is 0 Å². The Labute approximate surface area is 197 Å². The second-order valence-electron chi connectivity index (χ2n) is 7.92. The molecule has 7 nitrogen and oxygen atoms in total. The molecule has 3 aromatic rings. The van der Waals surface area contributed by atoms with Gasteiger partial charge in [0.1, 0.15) is 5.00 Å². The number of amides is 2. The summed E-state index contributed by atoms with van der Waals surface area (Å²) in [6.45, 7) is 0. The van der Waals surface area contributed by atoms with Gasteiger partial charge in [0, 0.05) is 17.5 Å². The topological polar surface area (TPSA) is 110 Å². The van der Waals surface area contributed by atoms with E-state index >= 15 is 0 Å². The van der Waals surface area contributed by atoms with E-state index < -0.39 is 21.8 Å². The van der Waals surface area contributed by atoms with E-state index in [-0.39, 0.29) is 10.5 Å². The highest BCUT2D eigenvalue weighted by molar-refractivity contribution is 7.92. The average Bonchev–Trinajstić information content (AvgIpc) is 2.99. The van der Waals surface area contributed by atoms with Gasteiger partial charge in [-0.25, -0.2) is 8.42 Å². The van der Waals surface area contributed by atoms with Gasteiger partial charge >= 0.3 is 0 Å². The van der Waals surface area contributed by atoms with Crippen LogP contribution < -0.4 is 15.4 Å². The molecule has 0 saturated heterocycles. The molecule has 1 heterocycles. The van der Waals surface area contributed by atoms with Crippen molar-refractivity contribution in [1.29, 1.82) is 0 Å². The van der Waals surface area contributed by atoms with Crippen LogP contribution in [0, 0.1) is 0 Å². The van der Waals surface area contributed by atoms with Crippen LogP contribution in [0.15, 0.2) is 59.5 Å². The molecule has 2 amide bonds. The van der Waals surface area contributed by atoms with E-state index in [0.717, 1.165) is 42.5 Å². The molecule has 0 radical (unpaired) electrons. The first-order chi connectivity index (χ1) is 15.8. The molecule has 9 heteroatoms. The zero-order valence-corrected chi connectivity index (χ0v) is 19.8. The normalized spacial score (nSPS) is 13.6. The number of hydrogen-bond donors (Lipinski definition) is 2. The largest absolute Gasteiger partial charge is 0.365 e. The van der Waals surface area contributed by atoms with Crippen molar-refractivity contribution in [3.05, 3.63) is 76.2 Å². The fourth-order valence-corrected chi connectivity index (χ4v) is 6.53. The third kappa shape index (κ3) is 4.65. The van der Waals surface area contributed by atoms with Gasteiger partial charge in [-0.2, -0.15) is 0 Å². The first-order valence-corrected chi connectivity index (χ1v) is 12.9. The predicted molar refractivity (Wildman–Crippen MR) is 131 cm³/mol. The lowest BCUT2D eigenvalue weighted by Gasteiger charge is -2.19. The number of para-hydroxylation sites is 1. The van der Waals surface area contributed by atoms with Crippen LogP contribution in [0.5, 0.6) is 0 Å². The number of carbonyl (C=O) groups excluding carboxylic acids is 2. The van der Waals surface area contributed by atoms with Crippen LogP contribution in [0.4, 0.5) is 10.7 Å². The maximum atomic E-state index is 13.1. The highest BCUT2D eigenvalue weighted by Gasteiger charge is 2.26. The summed E-state index contributed by atoms with van der Waals surface area (Å²) in [7, 11) is -2.40. The van der Waals surface area contributed by atoms with Crippen LogP contribution in [0.2, 0.25) is 0 Å². The molecule has 4 rings (SSSR count). The fourth-order valence-electron chi connectivity index (χ4n) is 4.00. The monoisotopic (exact) mass is 483 g/mol. The zero-order valence-electron chi connectivity index (χ0n) is 18.2. The van der Waals surface area contributed by atoms with E-state index in [1.807, 2.05) is 0 Å². The zero-order chi connectivity index (χ0) is 23.6. The Morgan fingerprint density at radius 3 is 2.45 bits per heavy atom. The minimum atomic E-state index is -3.87. The summed E-state index contributed by atoms with van der Waals surface area (Å²) in [6.07, 6.45) is 4.73. The molecule has 0 unspecified atom stereocenters. The van der Waals surface area contributed by atoms with E-state index in [2.05, 4.69) is 5.32 Å². The summed E-state index contributed by atoms with van der Waals surface area (Å²) in [5, 5.41) is 3.22. The molecular formula is C24H25N3O4S2. The molecule has 0 fully saturated rings. The number of nitrogens with one attached hydrogen (secondary N) is 1. The molecule has 1 aromatic heterocycles. The van der Waals surface area contributed by atoms with Gasteiger partial charge in [0.15, 0.2) is 0 Å². The number of aryl methyl sites for hydroxylation is 1. The minimum Gasteiger partial charge on any atom is -0.365 e. The molecule has 1 aliphatic rings. The van der Waals surface area contributed by atoms with Crippen molar-refractivity contribution >= 4 is 43.9 Å². The van der Waals surface area contributed by atoms with Gasteiger partial charge in [-0.05, 0) is 61.6 Å². The Morgan fingerprint density at radius 2 is 1.73 bits per heavy atom. The third-order valence-corrected chi connectivity index (χ3v) is 8.76. The Kier molecular flexibility index (Phi) is 6.53. The van der Waals surface area contributed by atoms with Crippen LogP contribution >= 0.6 is 11.3 Å². The molecule has 2 aromatic carbocycles. The number of carbonyl (C=O) groups is 2. The first kappa shape index (κ1) is 23.0. The van der Waals surface area contributed by atoms with Gasteiger partial charge < -0.3 is 11.1 Å². The van der Waals surface area contributed by atoms with E-state index in [0.29, 0.717) is 16.3 Å². The minimum absolute atomic E-state index is 0.00131. The lowest BCUT2D eigenvalue weighted by molar-refractivity contribution is 0.100. The molecule has 0 bridgehead atoms. The molecule has 1 aliphatic carbocycles. The molecule has 3 N–H and O–H groups in total. The number of fused-ring (bicyclic) bond motifs is 1. The van der Waals surface area contributed by atoms with E-state index in [4.69, 9.17) is 5.73 Å². The lowest BCUT2D eigenvalue weighted by Crippen LogP contribution is -2.26. The number of thiophene rings is 1. The highest BCUT2D eigenvalue weighted by Crippen LogP contribution is 2.37. The standard InChI is InChI=1S/C24H25N3O4S2/c1-27(17-10-4-2-5-11-17)33(30,31)18-12-8-9-16(15-18)23(29)26-24-21(22(25)28)19-13-6-3-7-14-20(19)32-24/h2,4-5,8-12,15H,3,6-7,13-14H2,1H3,(H2,25,28)(H,26,29). The SMILES string of the molecule is CN(c1ccccc1)S(=O)(=O)c1cccc(C(=O)Nc2sc3c(c2C(N)=O)CCCCC3)c1. The predicted octanol–water partition coefficient (Wildman–Crippen LogP) is 4.19.